The van der Waals surface area contributed by atoms with Gasteiger partial charge in [0.1, 0.15) is 0 Å². The zero-order valence-corrected chi connectivity index (χ0v) is 15.5. The summed E-state index contributed by atoms with van der Waals surface area (Å²) in [7, 11) is 1.53. The molecule has 7 heteroatoms. The fraction of sp³-hybridized carbons (Fsp3) is 0.300. The SMILES string of the molecule is COc1cc(Cl)cc2cc(C(=O)N[C@H]3COC[C@H]3Cc3ccncc3)oc12. The molecule has 0 saturated carbocycles. The van der Waals surface area contributed by atoms with Gasteiger partial charge in [-0.25, -0.2) is 0 Å². The number of amides is 1. The van der Waals surface area contributed by atoms with Crippen LogP contribution in [0.5, 0.6) is 5.75 Å². The summed E-state index contributed by atoms with van der Waals surface area (Å²) in [6.45, 7) is 1.09. The lowest BCUT2D eigenvalue weighted by Gasteiger charge is -2.18. The van der Waals surface area contributed by atoms with Crippen molar-refractivity contribution in [1.29, 1.82) is 0 Å². The van der Waals surface area contributed by atoms with E-state index in [1.807, 2.05) is 12.1 Å². The largest absolute Gasteiger partial charge is 0.493 e. The van der Waals surface area contributed by atoms with Crippen LogP contribution in [0.4, 0.5) is 0 Å². The first kappa shape index (κ1) is 17.8. The molecular weight excluding hydrogens is 368 g/mol. The van der Waals surface area contributed by atoms with Crippen molar-refractivity contribution in [2.45, 2.75) is 12.5 Å². The number of hydrogen-bond donors (Lipinski definition) is 1. The number of carbonyl (C=O) groups is 1. The smallest absolute Gasteiger partial charge is 0.287 e. The van der Waals surface area contributed by atoms with Crippen LogP contribution in [0.25, 0.3) is 11.0 Å². The molecule has 0 bridgehead atoms. The second-order valence-corrected chi connectivity index (χ2v) is 7.01. The number of carbonyl (C=O) groups excluding carboxylic acids is 1. The molecule has 0 spiro atoms. The Morgan fingerprint density at radius 3 is 2.89 bits per heavy atom. The van der Waals surface area contributed by atoms with Crippen molar-refractivity contribution in [3.05, 3.63) is 59.1 Å². The molecule has 140 valence electrons. The molecule has 0 radical (unpaired) electrons. The number of nitrogens with zero attached hydrogens (tertiary/aromatic N) is 1. The minimum Gasteiger partial charge on any atom is -0.493 e. The zero-order valence-electron chi connectivity index (χ0n) is 14.8. The average Bonchev–Trinajstić information content (AvgIpc) is 3.29. The van der Waals surface area contributed by atoms with Crippen LogP contribution in [0, 0.1) is 5.92 Å². The molecule has 1 aromatic carbocycles. The molecule has 4 rings (SSSR count). The Morgan fingerprint density at radius 2 is 2.11 bits per heavy atom. The first-order valence-corrected chi connectivity index (χ1v) is 9.06. The molecular formula is C20H19ClN2O4. The van der Waals surface area contributed by atoms with E-state index in [0.29, 0.717) is 29.6 Å². The van der Waals surface area contributed by atoms with Crippen molar-refractivity contribution in [3.63, 3.8) is 0 Å². The molecule has 0 unspecified atom stereocenters. The number of methoxy groups -OCH3 is 1. The van der Waals surface area contributed by atoms with Gasteiger partial charge in [-0.3, -0.25) is 9.78 Å². The van der Waals surface area contributed by atoms with Gasteiger partial charge in [-0.2, -0.15) is 0 Å². The van der Waals surface area contributed by atoms with Gasteiger partial charge in [0.25, 0.3) is 5.91 Å². The summed E-state index contributed by atoms with van der Waals surface area (Å²) < 4.78 is 16.6. The van der Waals surface area contributed by atoms with E-state index in [-0.39, 0.29) is 23.6 Å². The van der Waals surface area contributed by atoms with Crippen LogP contribution >= 0.6 is 11.6 Å². The van der Waals surface area contributed by atoms with Gasteiger partial charge in [0, 0.05) is 34.8 Å². The number of halogens is 1. The summed E-state index contributed by atoms with van der Waals surface area (Å²) >= 11 is 6.08. The van der Waals surface area contributed by atoms with E-state index in [2.05, 4.69) is 10.3 Å². The highest BCUT2D eigenvalue weighted by Gasteiger charge is 2.30. The number of pyridine rings is 1. The topological polar surface area (TPSA) is 73.6 Å². The minimum absolute atomic E-state index is 0.0793. The number of benzene rings is 1. The number of ether oxygens (including phenoxy) is 2. The molecule has 1 fully saturated rings. The van der Waals surface area contributed by atoms with E-state index >= 15 is 0 Å². The lowest BCUT2D eigenvalue weighted by atomic mass is 9.95. The maximum absolute atomic E-state index is 12.7. The van der Waals surface area contributed by atoms with Crippen LogP contribution in [-0.2, 0) is 11.2 Å². The molecule has 2 atom stereocenters. The van der Waals surface area contributed by atoms with Crippen molar-refractivity contribution in [3.8, 4) is 5.75 Å². The lowest BCUT2D eigenvalue weighted by molar-refractivity contribution is 0.0899. The third-order valence-electron chi connectivity index (χ3n) is 4.75. The Labute approximate surface area is 161 Å². The van der Waals surface area contributed by atoms with Crippen molar-refractivity contribution in [2.24, 2.45) is 5.92 Å². The average molecular weight is 387 g/mol. The van der Waals surface area contributed by atoms with Crippen LogP contribution in [0.15, 0.2) is 47.1 Å². The summed E-state index contributed by atoms with van der Waals surface area (Å²) in [6.07, 6.45) is 4.36. The highest BCUT2D eigenvalue weighted by molar-refractivity contribution is 6.31. The van der Waals surface area contributed by atoms with Crippen molar-refractivity contribution in [1.82, 2.24) is 10.3 Å². The third-order valence-corrected chi connectivity index (χ3v) is 4.97. The molecule has 1 aliphatic rings. The summed E-state index contributed by atoms with van der Waals surface area (Å²) in [5, 5.41) is 4.28. The number of furan rings is 1. The second kappa shape index (κ2) is 7.58. The summed E-state index contributed by atoms with van der Waals surface area (Å²) in [5.41, 5.74) is 1.67. The monoisotopic (exact) mass is 386 g/mol. The van der Waals surface area contributed by atoms with Crippen LogP contribution in [-0.4, -0.2) is 37.3 Å². The van der Waals surface area contributed by atoms with Gasteiger partial charge in [-0.15, -0.1) is 0 Å². The first-order chi connectivity index (χ1) is 13.1. The fourth-order valence-electron chi connectivity index (χ4n) is 3.37. The van der Waals surface area contributed by atoms with Crippen LogP contribution in [0.1, 0.15) is 16.1 Å². The molecule has 3 aromatic rings. The predicted octanol–water partition coefficient (Wildman–Crippen LogP) is 3.48. The van der Waals surface area contributed by atoms with E-state index < -0.39 is 0 Å². The highest BCUT2D eigenvalue weighted by Crippen LogP contribution is 2.32. The molecule has 1 N–H and O–H groups in total. The molecule has 6 nitrogen and oxygen atoms in total. The normalized spacial score (nSPS) is 19.3. The van der Waals surface area contributed by atoms with E-state index in [1.54, 1.807) is 30.6 Å². The van der Waals surface area contributed by atoms with Gasteiger partial charge in [-0.1, -0.05) is 11.6 Å². The number of fused-ring (bicyclic) bond motifs is 1. The van der Waals surface area contributed by atoms with Gasteiger partial charge in [-0.05, 0) is 36.2 Å². The van der Waals surface area contributed by atoms with Gasteiger partial charge in [0.15, 0.2) is 17.1 Å². The standard InChI is InChI=1S/C20H19ClN2O4/c1-25-17-9-15(21)7-13-8-18(27-19(13)17)20(24)23-16-11-26-10-14(16)6-12-2-4-22-5-3-12/h2-5,7-9,14,16H,6,10-11H2,1H3,(H,23,24)/t14-,16+/m1/s1. The third kappa shape index (κ3) is 3.77. The Hall–Kier alpha value is -2.57. The van der Waals surface area contributed by atoms with Crippen LogP contribution < -0.4 is 10.1 Å². The van der Waals surface area contributed by atoms with Gasteiger partial charge in [0.2, 0.25) is 0 Å². The van der Waals surface area contributed by atoms with E-state index in [9.17, 15) is 4.79 Å². The Kier molecular flexibility index (Phi) is 5.01. The minimum atomic E-state index is -0.278. The maximum Gasteiger partial charge on any atom is 0.287 e. The molecule has 2 aromatic heterocycles. The molecule has 1 aliphatic heterocycles. The summed E-state index contributed by atoms with van der Waals surface area (Å²) in [4.78, 5) is 16.7. The quantitative estimate of drug-likeness (QED) is 0.726. The fourth-order valence-corrected chi connectivity index (χ4v) is 3.59. The Balaban J connectivity index is 1.50. The van der Waals surface area contributed by atoms with Gasteiger partial charge >= 0.3 is 0 Å². The highest BCUT2D eigenvalue weighted by atomic mass is 35.5. The van der Waals surface area contributed by atoms with E-state index in [1.165, 1.54) is 12.7 Å². The molecule has 1 saturated heterocycles. The van der Waals surface area contributed by atoms with Gasteiger partial charge < -0.3 is 19.2 Å². The number of nitrogens with one attached hydrogen (secondary N) is 1. The zero-order chi connectivity index (χ0) is 18.8. The van der Waals surface area contributed by atoms with Crippen molar-refractivity contribution in [2.75, 3.05) is 20.3 Å². The first-order valence-electron chi connectivity index (χ1n) is 8.68. The molecule has 1 amide bonds. The number of aromatic nitrogens is 1. The second-order valence-electron chi connectivity index (χ2n) is 6.57. The number of rotatable bonds is 5. The van der Waals surface area contributed by atoms with E-state index in [4.69, 9.17) is 25.5 Å². The summed E-state index contributed by atoms with van der Waals surface area (Å²) in [6, 6.07) is 8.95. The van der Waals surface area contributed by atoms with Crippen LogP contribution in [0.2, 0.25) is 5.02 Å². The number of hydrogen-bond acceptors (Lipinski definition) is 5. The molecule has 3 heterocycles. The van der Waals surface area contributed by atoms with Gasteiger partial charge in [0.05, 0.1) is 26.4 Å². The van der Waals surface area contributed by atoms with Crippen LogP contribution in [0.3, 0.4) is 0 Å². The maximum atomic E-state index is 12.7. The predicted molar refractivity (Wildman–Crippen MR) is 101 cm³/mol. The summed E-state index contributed by atoms with van der Waals surface area (Å²) in [5.74, 6) is 0.640. The van der Waals surface area contributed by atoms with Crippen molar-refractivity contribution < 1.29 is 18.7 Å². The molecule has 0 aliphatic carbocycles. The van der Waals surface area contributed by atoms with E-state index in [0.717, 1.165) is 11.8 Å². The lowest BCUT2D eigenvalue weighted by Crippen LogP contribution is -2.40. The molecule has 27 heavy (non-hydrogen) atoms. The Bertz CT molecular complexity index is 957. The van der Waals surface area contributed by atoms with Crippen molar-refractivity contribution >= 4 is 28.5 Å². The Morgan fingerprint density at radius 1 is 1.30 bits per heavy atom.